The molecule has 0 amide bonds. The van der Waals surface area contributed by atoms with Crippen LogP contribution in [0.4, 0.5) is 0 Å². The third-order valence-electron chi connectivity index (χ3n) is 3.84. The monoisotopic (exact) mass is 368 g/mol. The number of benzene rings is 1. The number of aromatic nitrogens is 2. The van der Waals surface area contributed by atoms with Crippen LogP contribution in [0.1, 0.15) is 22.3 Å². The van der Waals surface area contributed by atoms with Crippen LogP contribution in [-0.2, 0) is 14.1 Å². The van der Waals surface area contributed by atoms with Crippen LogP contribution in [0.5, 0.6) is 0 Å². The van der Waals surface area contributed by atoms with Gasteiger partial charge in [-0.1, -0.05) is 15.9 Å². The fourth-order valence-electron chi connectivity index (χ4n) is 2.56. The Balaban J connectivity index is 2.24. The van der Waals surface area contributed by atoms with Crippen molar-refractivity contribution in [1.29, 1.82) is 0 Å². The summed E-state index contributed by atoms with van der Waals surface area (Å²) < 4.78 is 9.44. The summed E-state index contributed by atoms with van der Waals surface area (Å²) in [6.07, 6.45) is 1.63. The van der Waals surface area contributed by atoms with Crippen LogP contribution in [0.15, 0.2) is 38.1 Å². The predicted octanol–water partition coefficient (Wildman–Crippen LogP) is 3.87. The number of furan rings is 1. The summed E-state index contributed by atoms with van der Waals surface area (Å²) in [5.74, 6) is 0.795. The van der Waals surface area contributed by atoms with Gasteiger partial charge in [-0.15, -0.1) is 11.6 Å². The minimum Gasteiger partial charge on any atom is -0.469 e. The van der Waals surface area contributed by atoms with Crippen molar-refractivity contribution in [2.45, 2.75) is 12.3 Å². The number of nitrogens with zero attached hydrogens (tertiary/aromatic N) is 2. The van der Waals surface area contributed by atoms with Crippen molar-refractivity contribution in [2.24, 2.45) is 14.1 Å². The van der Waals surface area contributed by atoms with Crippen molar-refractivity contribution in [3.05, 3.63) is 56.3 Å². The van der Waals surface area contributed by atoms with Gasteiger partial charge in [0.25, 0.3) is 0 Å². The van der Waals surface area contributed by atoms with Crippen molar-refractivity contribution in [2.75, 3.05) is 0 Å². The Morgan fingerprint density at radius 2 is 1.81 bits per heavy atom. The molecule has 0 aliphatic heterocycles. The smallest absolute Gasteiger partial charge is 0.328 e. The number of imidazole rings is 1. The Bertz CT molecular complexity index is 891. The third kappa shape index (κ3) is 2.15. The van der Waals surface area contributed by atoms with E-state index in [-0.39, 0.29) is 11.1 Å². The van der Waals surface area contributed by atoms with Crippen LogP contribution in [-0.4, -0.2) is 9.13 Å². The molecule has 0 N–H and O–H groups in total. The van der Waals surface area contributed by atoms with Gasteiger partial charge in [-0.25, -0.2) is 4.79 Å². The molecule has 0 spiro atoms. The van der Waals surface area contributed by atoms with Gasteiger partial charge in [-0.05, 0) is 30.7 Å². The molecule has 1 unspecified atom stereocenters. The Labute approximate surface area is 135 Å². The van der Waals surface area contributed by atoms with E-state index in [9.17, 15) is 4.79 Å². The van der Waals surface area contributed by atoms with Crippen molar-refractivity contribution in [3.63, 3.8) is 0 Å². The highest BCUT2D eigenvalue weighted by Crippen LogP contribution is 2.37. The highest BCUT2D eigenvalue weighted by atomic mass is 79.9. The van der Waals surface area contributed by atoms with E-state index in [4.69, 9.17) is 16.0 Å². The Kier molecular flexibility index (Phi) is 3.50. The van der Waals surface area contributed by atoms with Gasteiger partial charge in [0.15, 0.2) is 0 Å². The molecule has 110 valence electrons. The zero-order valence-corrected chi connectivity index (χ0v) is 14.2. The SMILES string of the molecule is Cc1occc1C(Cl)c1cc2c(cc1Br)n(C)c(=O)n2C. The number of hydrogen-bond acceptors (Lipinski definition) is 2. The van der Waals surface area contributed by atoms with E-state index in [0.717, 1.165) is 32.4 Å². The normalized spacial score (nSPS) is 13.0. The first-order valence-electron chi connectivity index (χ1n) is 6.44. The molecule has 6 heteroatoms. The lowest BCUT2D eigenvalue weighted by Crippen LogP contribution is -2.19. The maximum atomic E-state index is 12.0. The maximum Gasteiger partial charge on any atom is 0.328 e. The Hall–Kier alpha value is -1.46. The first kappa shape index (κ1) is 14.5. The zero-order chi connectivity index (χ0) is 15.3. The second kappa shape index (κ2) is 5.07. The molecule has 1 atom stereocenters. The van der Waals surface area contributed by atoms with Gasteiger partial charge in [-0.2, -0.15) is 0 Å². The van der Waals surface area contributed by atoms with Crippen molar-refractivity contribution in [3.8, 4) is 0 Å². The fraction of sp³-hybridized carbons (Fsp3) is 0.267. The van der Waals surface area contributed by atoms with Gasteiger partial charge in [0.1, 0.15) is 5.76 Å². The third-order valence-corrected chi connectivity index (χ3v) is 4.99. The average Bonchev–Trinajstić information content (AvgIpc) is 2.97. The lowest BCUT2D eigenvalue weighted by Gasteiger charge is -2.12. The molecule has 0 saturated heterocycles. The minimum absolute atomic E-state index is 0.0559. The maximum absolute atomic E-state index is 12.0. The second-order valence-corrected chi connectivity index (χ2v) is 6.35. The molecule has 0 saturated carbocycles. The van der Waals surface area contributed by atoms with Crippen molar-refractivity contribution in [1.82, 2.24) is 9.13 Å². The quantitative estimate of drug-likeness (QED) is 0.643. The summed E-state index contributed by atoms with van der Waals surface area (Å²) in [6.45, 7) is 1.88. The summed E-state index contributed by atoms with van der Waals surface area (Å²) in [5, 5.41) is -0.335. The zero-order valence-electron chi connectivity index (χ0n) is 11.9. The van der Waals surface area contributed by atoms with Gasteiger partial charge >= 0.3 is 5.69 Å². The summed E-state index contributed by atoms with van der Waals surface area (Å²) in [7, 11) is 3.52. The molecule has 21 heavy (non-hydrogen) atoms. The van der Waals surface area contributed by atoms with Crippen LogP contribution in [0.25, 0.3) is 11.0 Å². The molecule has 0 aliphatic rings. The molecule has 2 heterocycles. The van der Waals surface area contributed by atoms with E-state index in [1.807, 2.05) is 25.1 Å². The molecule has 0 bridgehead atoms. The first-order chi connectivity index (χ1) is 9.91. The molecule has 3 aromatic rings. The van der Waals surface area contributed by atoms with E-state index < -0.39 is 0 Å². The molecule has 2 aromatic heterocycles. The Morgan fingerprint density at radius 3 is 2.38 bits per heavy atom. The summed E-state index contributed by atoms with van der Waals surface area (Å²) >= 11 is 10.2. The van der Waals surface area contributed by atoms with E-state index in [0.29, 0.717) is 0 Å². The van der Waals surface area contributed by atoms with Gasteiger partial charge in [0.05, 0.1) is 22.7 Å². The molecular weight excluding hydrogens is 356 g/mol. The molecule has 4 nitrogen and oxygen atoms in total. The van der Waals surface area contributed by atoms with Crippen LogP contribution in [0.3, 0.4) is 0 Å². The summed E-state index contributed by atoms with van der Waals surface area (Å²) in [6, 6.07) is 5.75. The number of rotatable bonds is 2. The molecule has 0 fully saturated rings. The van der Waals surface area contributed by atoms with Gasteiger partial charge in [0, 0.05) is 24.1 Å². The highest BCUT2D eigenvalue weighted by Gasteiger charge is 2.20. The van der Waals surface area contributed by atoms with Crippen LogP contribution in [0.2, 0.25) is 0 Å². The number of aryl methyl sites for hydroxylation is 3. The lowest BCUT2D eigenvalue weighted by atomic mass is 10.0. The van der Waals surface area contributed by atoms with Gasteiger partial charge in [-0.3, -0.25) is 9.13 Å². The number of halogens is 2. The van der Waals surface area contributed by atoms with E-state index >= 15 is 0 Å². The first-order valence-corrected chi connectivity index (χ1v) is 7.67. The predicted molar refractivity (Wildman–Crippen MR) is 87.0 cm³/mol. The number of hydrogen-bond donors (Lipinski definition) is 0. The van der Waals surface area contributed by atoms with E-state index in [1.165, 1.54) is 0 Å². The van der Waals surface area contributed by atoms with Crippen LogP contribution in [0, 0.1) is 6.92 Å². The second-order valence-electron chi connectivity index (χ2n) is 5.06. The highest BCUT2D eigenvalue weighted by molar-refractivity contribution is 9.10. The van der Waals surface area contributed by atoms with E-state index in [2.05, 4.69) is 15.9 Å². The topological polar surface area (TPSA) is 40.1 Å². The largest absolute Gasteiger partial charge is 0.469 e. The molecule has 3 rings (SSSR count). The van der Waals surface area contributed by atoms with Crippen molar-refractivity contribution < 1.29 is 4.42 Å². The average molecular weight is 370 g/mol. The molecule has 0 radical (unpaired) electrons. The summed E-state index contributed by atoms with van der Waals surface area (Å²) in [5.41, 5.74) is 3.51. The Morgan fingerprint density at radius 1 is 1.19 bits per heavy atom. The minimum atomic E-state index is -0.335. The van der Waals surface area contributed by atoms with Gasteiger partial charge < -0.3 is 4.42 Å². The van der Waals surface area contributed by atoms with Gasteiger partial charge in [0.2, 0.25) is 0 Å². The number of fused-ring (bicyclic) bond motifs is 1. The number of alkyl halides is 1. The standard InChI is InChI=1S/C15H14BrClN2O2/c1-8-9(4-5-21-8)14(17)10-6-12-13(7-11(10)16)19(3)15(20)18(12)2/h4-7,14H,1-3H3. The summed E-state index contributed by atoms with van der Waals surface area (Å²) in [4.78, 5) is 12.0. The molecule has 1 aromatic carbocycles. The lowest BCUT2D eigenvalue weighted by molar-refractivity contribution is 0.530. The van der Waals surface area contributed by atoms with Crippen LogP contribution < -0.4 is 5.69 Å². The molecular formula is C15H14BrClN2O2. The van der Waals surface area contributed by atoms with Crippen LogP contribution >= 0.6 is 27.5 Å². The fourth-order valence-corrected chi connectivity index (χ4v) is 3.65. The molecule has 0 aliphatic carbocycles. The van der Waals surface area contributed by atoms with Crippen molar-refractivity contribution >= 4 is 38.6 Å². The van der Waals surface area contributed by atoms with E-state index in [1.54, 1.807) is 29.5 Å².